The fraction of sp³-hybridized carbons (Fsp3) is 0.471. The number of benzene rings is 1. The zero-order valence-electron chi connectivity index (χ0n) is 14.4. The minimum absolute atomic E-state index is 0.0125. The minimum Gasteiger partial charge on any atom is -0.376 e. The number of aromatic nitrogens is 2. The van der Waals surface area contributed by atoms with Crippen LogP contribution in [0.15, 0.2) is 21.7 Å². The van der Waals surface area contributed by atoms with Gasteiger partial charge in [-0.15, -0.1) is 0 Å². The van der Waals surface area contributed by atoms with Gasteiger partial charge >= 0.3 is 11.1 Å². The smallest absolute Gasteiger partial charge is 0.316 e. The highest BCUT2D eigenvalue weighted by atomic mass is 16.2. The molecule has 0 saturated heterocycles. The first-order valence-corrected chi connectivity index (χ1v) is 8.03. The lowest BCUT2D eigenvalue weighted by Gasteiger charge is -2.26. The highest BCUT2D eigenvalue weighted by molar-refractivity contribution is 5.99. The summed E-state index contributed by atoms with van der Waals surface area (Å²) in [5, 5.41) is 2.98. The lowest BCUT2D eigenvalue weighted by Crippen LogP contribution is -2.39. The zero-order chi connectivity index (χ0) is 17.6. The Bertz CT molecular complexity index is 935. The molecule has 0 aliphatic heterocycles. The van der Waals surface area contributed by atoms with Crippen LogP contribution in [0.3, 0.4) is 0 Å². The fourth-order valence-electron chi connectivity index (χ4n) is 2.98. The number of anilines is 2. The molecular weight excluding hydrogens is 308 g/mol. The highest BCUT2D eigenvalue weighted by Gasteiger charge is 2.26. The van der Waals surface area contributed by atoms with Gasteiger partial charge in [0.2, 0.25) is 5.91 Å². The number of hydrogen-bond donors (Lipinski definition) is 1. The Morgan fingerprint density at radius 2 is 1.62 bits per heavy atom. The van der Waals surface area contributed by atoms with E-state index < -0.39 is 11.1 Å². The Kier molecular flexibility index (Phi) is 3.95. The first kappa shape index (κ1) is 16.3. The molecule has 1 aromatic carbocycles. The molecule has 1 fully saturated rings. The van der Waals surface area contributed by atoms with Gasteiger partial charge in [0.25, 0.3) is 0 Å². The summed E-state index contributed by atoms with van der Waals surface area (Å²) >= 11 is 0. The van der Waals surface area contributed by atoms with Crippen molar-refractivity contribution in [2.24, 2.45) is 20.0 Å². The number of aryl methyl sites for hydroxylation is 2. The van der Waals surface area contributed by atoms with Crippen LogP contribution in [0.1, 0.15) is 19.3 Å². The van der Waals surface area contributed by atoms with Crippen LogP contribution in [0, 0.1) is 5.92 Å². The molecule has 1 heterocycles. The van der Waals surface area contributed by atoms with Gasteiger partial charge in [-0.1, -0.05) is 6.42 Å². The lowest BCUT2D eigenvalue weighted by atomic mass is 9.85. The average Bonchev–Trinajstić information content (AvgIpc) is 2.48. The molecule has 24 heavy (non-hydrogen) atoms. The van der Waals surface area contributed by atoms with Gasteiger partial charge in [0.1, 0.15) is 0 Å². The van der Waals surface area contributed by atoms with Crippen molar-refractivity contribution >= 4 is 28.3 Å². The van der Waals surface area contributed by atoms with Gasteiger partial charge < -0.3 is 19.4 Å². The van der Waals surface area contributed by atoms with E-state index in [0.29, 0.717) is 16.7 Å². The van der Waals surface area contributed by atoms with Gasteiger partial charge in [-0.2, -0.15) is 0 Å². The van der Waals surface area contributed by atoms with Gasteiger partial charge in [0.15, 0.2) is 0 Å². The van der Waals surface area contributed by atoms with E-state index in [0.717, 1.165) is 24.9 Å². The maximum Gasteiger partial charge on any atom is 0.316 e. The van der Waals surface area contributed by atoms with Crippen LogP contribution in [0.5, 0.6) is 0 Å². The monoisotopic (exact) mass is 330 g/mol. The predicted molar refractivity (Wildman–Crippen MR) is 94.7 cm³/mol. The summed E-state index contributed by atoms with van der Waals surface area (Å²) in [5.41, 5.74) is 1.55. The number of rotatable bonds is 3. The Morgan fingerprint density at radius 3 is 2.08 bits per heavy atom. The number of nitrogens with one attached hydrogen (secondary N) is 1. The van der Waals surface area contributed by atoms with Gasteiger partial charge in [0, 0.05) is 34.1 Å². The van der Waals surface area contributed by atoms with Crippen LogP contribution in [0.25, 0.3) is 11.0 Å². The molecule has 1 aliphatic carbocycles. The van der Waals surface area contributed by atoms with Crippen molar-refractivity contribution in [3.05, 3.63) is 32.8 Å². The molecule has 7 nitrogen and oxygen atoms in total. The van der Waals surface area contributed by atoms with Crippen LogP contribution in [-0.4, -0.2) is 29.1 Å². The molecule has 0 atom stereocenters. The van der Waals surface area contributed by atoms with E-state index in [2.05, 4.69) is 5.32 Å². The molecule has 2 aromatic rings. The summed E-state index contributed by atoms with van der Waals surface area (Å²) in [5.74, 6) is 0.0816. The maximum atomic E-state index is 12.3. The summed E-state index contributed by atoms with van der Waals surface area (Å²) in [6.45, 7) is 0. The van der Waals surface area contributed by atoms with Gasteiger partial charge in [-0.05, 0) is 25.0 Å². The summed E-state index contributed by atoms with van der Waals surface area (Å²) in [6, 6.07) is 3.59. The fourth-order valence-corrected chi connectivity index (χ4v) is 2.98. The van der Waals surface area contributed by atoms with E-state index >= 15 is 0 Å². The Labute approximate surface area is 139 Å². The van der Waals surface area contributed by atoms with E-state index in [9.17, 15) is 14.4 Å². The third-order valence-corrected chi connectivity index (χ3v) is 4.82. The quantitative estimate of drug-likeness (QED) is 0.853. The third-order valence-electron chi connectivity index (χ3n) is 4.82. The largest absolute Gasteiger partial charge is 0.376 e. The van der Waals surface area contributed by atoms with Crippen molar-refractivity contribution in [2.45, 2.75) is 19.3 Å². The first-order valence-electron chi connectivity index (χ1n) is 8.03. The topological polar surface area (TPSA) is 76.3 Å². The molecule has 0 spiro atoms. The Morgan fingerprint density at radius 1 is 1.08 bits per heavy atom. The highest BCUT2D eigenvalue weighted by Crippen LogP contribution is 2.32. The molecule has 1 amide bonds. The van der Waals surface area contributed by atoms with E-state index in [-0.39, 0.29) is 11.8 Å². The summed E-state index contributed by atoms with van der Waals surface area (Å²) in [4.78, 5) is 38.3. The third kappa shape index (κ3) is 2.50. The van der Waals surface area contributed by atoms with Gasteiger partial charge in [-0.3, -0.25) is 14.4 Å². The first-order chi connectivity index (χ1) is 11.3. The van der Waals surface area contributed by atoms with Crippen LogP contribution >= 0.6 is 0 Å². The number of carbonyl (C=O) groups excluding carboxylic acids is 1. The molecule has 0 unspecified atom stereocenters. The van der Waals surface area contributed by atoms with Crippen molar-refractivity contribution in [3.8, 4) is 0 Å². The normalized spacial score (nSPS) is 14.5. The molecular formula is C17H22N4O3. The second-order valence-corrected chi connectivity index (χ2v) is 6.60. The summed E-state index contributed by atoms with van der Waals surface area (Å²) in [6.07, 6.45) is 2.93. The second-order valence-electron chi connectivity index (χ2n) is 6.60. The van der Waals surface area contributed by atoms with Crippen LogP contribution < -0.4 is 21.3 Å². The van der Waals surface area contributed by atoms with Crippen molar-refractivity contribution in [1.82, 2.24) is 9.13 Å². The number of amides is 1. The van der Waals surface area contributed by atoms with E-state index in [1.807, 2.05) is 25.1 Å². The molecule has 0 bridgehead atoms. The van der Waals surface area contributed by atoms with Crippen LogP contribution in [-0.2, 0) is 18.9 Å². The molecule has 1 N–H and O–H groups in total. The number of carbonyl (C=O) groups is 1. The zero-order valence-corrected chi connectivity index (χ0v) is 14.4. The van der Waals surface area contributed by atoms with E-state index in [1.165, 1.54) is 9.13 Å². The Hall–Kier alpha value is -2.57. The molecule has 1 saturated carbocycles. The number of nitrogens with zero attached hydrogens (tertiary/aromatic N) is 3. The van der Waals surface area contributed by atoms with Crippen molar-refractivity contribution < 1.29 is 4.79 Å². The molecule has 3 rings (SSSR count). The number of fused-ring (bicyclic) bond motifs is 1. The van der Waals surface area contributed by atoms with Gasteiger partial charge in [0.05, 0.1) is 22.4 Å². The van der Waals surface area contributed by atoms with Gasteiger partial charge in [-0.25, -0.2) is 0 Å². The maximum absolute atomic E-state index is 12.3. The predicted octanol–water partition coefficient (Wildman–Crippen LogP) is 1.04. The van der Waals surface area contributed by atoms with Crippen molar-refractivity contribution in [3.63, 3.8) is 0 Å². The second kappa shape index (κ2) is 5.81. The van der Waals surface area contributed by atoms with E-state index in [4.69, 9.17) is 0 Å². The Balaban J connectivity index is 2.20. The molecule has 7 heteroatoms. The molecule has 1 aliphatic rings. The lowest BCUT2D eigenvalue weighted by molar-refractivity contribution is -0.122. The van der Waals surface area contributed by atoms with Crippen LogP contribution in [0.2, 0.25) is 0 Å². The number of hydrogen-bond acceptors (Lipinski definition) is 4. The minimum atomic E-state index is -0.584. The SMILES string of the molecule is CN(C)c1cc2c(cc1NC(=O)C1CCC1)n(C)c(=O)c(=O)n2C. The van der Waals surface area contributed by atoms with E-state index in [1.54, 1.807) is 20.2 Å². The molecule has 128 valence electrons. The molecule has 0 radical (unpaired) electrons. The summed E-state index contributed by atoms with van der Waals surface area (Å²) < 4.78 is 2.68. The standard InChI is InChI=1S/C17H22N4O3/c1-19(2)12-9-14-13(20(3)16(23)17(24)21(14)4)8-11(12)18-15(22)10-6-5-7-10/h8-10H,5-7H2,1-4H3,(H,18,22). The molecule has 1 aromatic heterocycles. The average molecular weight is 330 g/mol. The van der Waals surface area contributed by atoms with Crippen molar-refractivity contribution in [1.29, 1.82) is 0 Å². The summed E-state index contributed by atoms with van der Waals surface area (Å²) in [7, 11) is 6.90. The van der Waals surface area contributed by atoms with Crippen LogP contribution in [0.4, 0.5) is 11.4 Å². The van der Waals surface area contributed by atoms with Crippen molar-refractivity contribution in [2.75, 3.05) is 24.3 Å².